The van der Waals surface area contributed by atoms with Crippen LogP contribution in [0, 0.1) is 5.41 Å². The Kier molecular flexibility index (Phi) is 4.06. The molecule has 1 aliphatic carbocycles. The van der Waals surface area contributed by atoms with Crippen molar-refractivity contribution in [2.45, 2.75) is 44.4 Å². The molecule has 0 amide bonds. The maximum atomic E-state index is 12.0. The van der Waals surface area contributed by atoms with E-state index in [1.165, 1.54) is 19.3 Å². The summed E-state index contributed by atoms with van der Waals surface area (Å²) in [5.74, 6) is 0.166. The first kappa shape index (κ1) is 14.6. The smallest absolute Gasteiger partial charge is 0.184 e. The molecule has 1 aromatic heterocycles. The molecule has 5 nitrogen and oxygen atoms in total. The highest BCUT2D eigenvalue weighted by molar-refractivity contribution is 7.91. The van der Waals surface area contributed by atoms with E-state index in [1.807, 2.05) is 0 Å². The van der Waals surface area contributed by atoms with E-state index in [1.54, 1.807) is 6.92 Å². The second-order valence-electron chi connectivity index (χ2n) is 5.23. The molecular weight excluding hydrogens is 282 g/mol. The Morgan fingerprint density at radius 2 is 2.11 bits per heavy atom. The van der Waals surface area contributed by atoms with Gasteiger partial charge in [-0.15, -0.1) is 0 Å². The van der Waals surface area contributed by atoms with E-state index >= 15 is 0 Å². The number of hydrogen-bond donors (Lipinski definition) is 2. The summed E-state index contributed by atoms with van der Waals surface area (Å²) in [4.78, 5) is 0.187. The molecule has 1 aliphatic rings. The molecule has 0 aromatic carbocycles. The number of hydrogen-bond acceptors (Lipinski definition) is 6. The van der Waals surface area contributed by atoms with Gasteiger partial charge in [0.2, 0.25) is 0 Å². The summed E-state index contributed by atoms with van der Waals surface area (Å²) < 4.78 is 28.0. The summed E-state index contributed by atoms with van der Waals surface area (Å²) in [6.45, 7) is 4.61. The summed E-state index contributed by atoms with van der Waals surface area (Å²) >= 11 is 1.14. The number of nitrogens with two attached hydrogens (primary N) is 1. The highest BCUT2D eigenvalue weighted by Crippen LogP contribution is 2.50. The number of sulfone groups is 1. The largest absolute Gasteiger partial charge is 0.382 e. The van der Waals surface area contributed by atoms with Crippen molar-refractivity contribution in [3.05, 3.63) is 0 Å². The highest BCUT2D eigenvalue weighted by Gasteiger charge is 2.41. The van der Waals surface area contributed by atoms with Crippen molar-refractivity contribution >= 4 is 32.2 Å². The van der Waals surface area contributed by atoms with Gasteiger partial charge in [0.25, 0.3) is 0 Å². The molecule has 108 valence electrons. The summed E-state index contributed by atoms with van der Waals surface area (Å²) in [6.07, 6.45) is 4.78. The fourth-order valence-corrected chi connectivity index (χ4v) is 4.50. The van der Waals surface area contributed by atoms with E-state index in [9.17, 15) is 8.42 Å². The van der Waals surface area contributed by atoms with Crippen molar-refractivity contribution in [3.8, 4) is 0 Å². The van der Waals surface area contributed by atoms with Gasteiger partial charge >= 0.3 is 0 Å². The van der Waals surface area contributed by atoms with Crippen LogP contribution >= 0.6 is 11.5 Å². The van der Waals surface area contributed by atoms with Crippen molar-refractivity contribution in [1.82, 2.24) is 4.37 Å². The number of rotatable bonds is 7. The lowest BCUT2D eigenvalue weighted by Crippen LogP contribution is -2.16. The van der Waals surface area contributed by atoms with E-state index in [4.69, 9.17) is 5.73 Å². The first-order valence-electron chi connectivity index (χ1n) is 6.66. The zero-order chi connectivity index (χ0) is 14.1. The second-order valence-corrected chi connectivity index (χ2v) is 8.22. The van der Waals surface area contributed by atoms with Crippen molar-refractivity contribution in [3.63, 3.8) is 0 Å². The zero-order valence-electron chi connectivity index (χ0n) is 11.4. The molecule has 2 rings (SSSR count). The Morgan fingerprint density at radius 3 is 2.63 bits per heavy atom. The van der Waals surface area contributed by atoms with E-state index < -0.39 is 9.84 Å². The monoisotopic (exact) mass is 303 g/mol. The van der Waals surface area contributed by atoms with Crippen LogP contribution in [0.1, 0.15) is 39.5 Å². The van der Waals surface area contributed by atoms with Gasteiger partial charge in [0, 0.05) is 6.54 Å². The second kappa shape index (κ2) is 5.28. The van der Waals surface area contributed by atoms with Crippen molar-refractivity contribution in [2.75, 3.05) is 23.3 Å². The first-order valence-corrected chi connectivity index (χ1v) is 9.08. The van der Waals surface area contributed by atoms with Crippen LogP contribution < -0.4 is 11.1 Å². The van der Waals surface area contributed by atoms with Gasteiger partial charge < -0.3 is 11.1 Å². The minimum atomic E-state index is -3.32. The van der Waals surface area contributed by atoms with Crippen LogP contribution in [-0.4, -0.2) is 25.1 Å². The van der Waals surface area contributed by atoms with Crippen LogP contribution in [0.4, 0.5) is 10.8 Å². The molecule has 0 radical (unpaired) electrons. The summed E-state index contributed by atoms with van der Waals surface area (Å²) in [5, 5.41) is 3.86. The minimum Gasteiger partial charge on any atom is -0.382 e. The molecule has 0 aliphatic heterocycles. The van der Waals surface area contributed by atoms with Crippen molar-refractivity contribution in [2.24, 2.45) is 5.41 Å². The van der Waals surface area contributed by atoms with Crippen LogP contribution in [0.25, 0.3) is 0 Å². The van der Waals surface area contributed by atoms with Crippen LogP contribution in [0.15, 0.2) is 4.90 Å². The molecule has 1 aromatic rings. The molecule has 0 atom stereocenters. The average Bonchev–Trinajstić information content (AvgIpc) is 3.02. The standard InChI is InChI=1S/C12H21N3O2S2/c1-3-5-12(6-7-12)8-14-11-9(10(13)15-18-11)19(16,17)4-2/h14H,3-8H2,1-2H3,(H2,13,15). The SMILES string of the molecule is CCCC1(CNc2snc(N)c2S(=O)(=O)CC)CC1. The Morgan fingerprint density at radius 1 is 1.42 bits per heavy atom. The predicted octanol–water partition coefficient (Wildman–Crippen LogP) is 2.51. The third kappa shape index (κ3) is 3.02. The number of anilines is 2. The molecule has 0 saturated heterocycles. The highest BCUT2D eigenvalue weighted by atomic mass is 32.2. The lowest BCUT2D eigenvalue weighted by atomic mass is 10.0. The third-order valence-electron chi connectivity index (χ3n) is 3.73. The molecule has 1 heterocycles. The zero-order valence-corrected chi connectivity index (χ0v) is 13.0. The van der Waals surface area contributed by atoms with Gasteiger partial charge in [0.1, 0.15) is 9.90 Å². The molecule has 0 spiro atoms. The number of nitrogen functional groups attached to an aromatic ring is 1. The predicted molar refractivity (Wildman–Crippen MR) is 79.3 cm³/mol. The fourth-order valence-electron chi connectivity index (χ4n) is 2.34. The van der Waals surface area contributed by atoms with Gasteiger partial charge in [-0.3, -0.25) is 0 Å². The molecular formula is C12H21N3O2S2. The maximum Gasteiger partial charge on any atom is 0.184 e. The van der Waals surface area contributed by atoms with Crippen LogP contribution in [0.2, 0.25) is 0 Å². The van der Waals surface area contributed by atoms with Gasteiger partial charge in [0.15, 0.2) is 15.7 Å². The minimum absolute atomic E-state index is 0.0460. The fraction of sp³-hybridized carbons (Fsp3) is 0.750. The van der Waals surface area contributed by atoms with Crippen molar-refractivity contribution < 1.29 is 8.42 Å². The lowest BCUT2D eigenvalue weighted by molar-refractivity contribution is 0.485. The Hall–Kier alpha value is -0.820. The van der Waals surface area contributed by atoms with Gasteiger partial charge in [0.05, 0.1) is 5.75 Å². The van der Waals surface area contributed by atoms with Crippen LogP contribution in [0.5, 0.6) is 0 Å². The summed E-state index contributed by atoms with van der Waals surface area (Å²) in [7, 11) is -3.32. The molecule has 19 heavy (non-hydrogen) atoms. The van der Waals surface area contributed by atoms with E-state index in [2.05, 4.69) is 16.6 Å². The Labute approximate surface area is 118 Å². The molecule has 7 heteroatoms. The van der Waals surface area contributed by atoms with Crippen LogP contribution in [-0.2, 0) is 9.84 Å². The first-order chi connectivity index (χ1) is 8.94. The molecule has 3 N–H and O–H groups in total. The molecule has 0 unspecified atom stereocenters. The lowest BCUT2D eigenvalue weighted by Gasteiger charge is -2.15. The van der Waals surface area contributed by atoms with Gasteiger partial charge in [-0.05, 0) is 36.2 Å². The molecule has 1 fully saturated rings. The maximum absolute atomic E-state index is 12.0. The summed E-state index contributed by atoms with van der Waals surface area (Å²) in [6, 6.07) is 0. The number of nitrogens with zero attached hydrogens (tertiary/aromatic N) is 1. The molecule has 1 saturated carbocycles. The topological polar surface area (TPSA) is 85.1 Å². The number of nitrogens with one attached hydrogen (secondary N) is 1. The van der Waals surface area contributed by atoms with Crippen LogP contribution in [0.3, 0.4) is 0 Å². The normalized spacial score (nSPS) is 17.4. The van der Waals surface area contributed by atoms with E-state index in [0.29, 0.717) is 10.4 Å². The Balaban J connectivity index is 2.14. The van der Waals surface area contributed by atoms with E-state index in [0.717, 1.165) is 24.5 Å². The van der Waals surface area contributed by atoms with E-state index in [-0.39, 0.29) is 16.5 Å². The number of aromatic nitrogens is 1. The third-order valence-corrected chi connectivity index (χ3v) is 6.47. The van der Waals surface area contributed by atoms with Crippen molar-refractivity contribution in [1.29, 1.82) is 0 Å². The average molecular weight is 303 g/mol. The summed E-state index contributed by atoms with van der Waals surface area (Å²) in [5.41, 5.74) is 6.06. The quantitative estimate of drug-likeness (QED) is 0.808. The van der Waals surface area contributed by atoms with Gasteiger partial charge in [-0.2, -0.15) is 4.37 Å². The Bertz CT molecular complexity index is 547. The molecule has 0 bridgehead atoms. The van der Waals surface area contributed by atoms with Gasteiger partial charge in [-0.25, -0.2) is 8.42 Å². The van der Waals surface area contributed by atoms with Gasteiger partial charge in [-0.1, -0.05) is 20.3 Å².